The highest BCUT2D eigenvalue weighted by Gasteiger charge is 2.34. The zero-order valence-corrected chi connectivity index (χ0v) is 15.3. The molecule has 0 saturated carbocycles. The maximum Gasteiger partial charge on any atom is 0.254 e. The second-order valence-corrected chi connectivity index (χ2v) is 6.41. The molecule has 1 aromatic carbocycles. The normalized spacial score (nSPS) is 20.8. The zero-order chi connectivity index (χ0) is 16.8. The van der Waals surface area contributed by atoms with E-state index in [9.17, 15) is 9.59 Å². The van der Waals surface area contributed by atoms with E-state index in [1.807, 2.05) is 18.2 Å². The van der Waals surface area contributed by atoms with Gasteiger partial charge in [0.1, 0.15) is 6.04 Å². The number of nitrogens with one attached hydrogen (secondary N) is 2. The summed E-state index contributed by atoms with van der Waals surface area (Å²) in [6, 6.07) is 8.87. The Morgan fingerprint density at radius 3 is 2.56 bits per heavy atom. The average molecular weight is 367 g/mol. The topological polar surface area (TPSA) is 64.7 Å². The Labute approximate surface area is 155 Å². The van der Waals surface area contributed by atoms with Crippen LogP contribution in [0.2, 0.25) is 0 Å². The summed E-state index contributed by atoms with van der Waals surface area (Å²) < 4.78 is 0. The summed E-state index contributed by atoms with van der Waals surface area (Å²) in [4.78, 5) is 29.2. The van der Waals surface area contributed by atoms with E-state index in [1.54, 1.807) is 17.0 Å². The number of hydrogen-bond donors (Lipinski definition) is 2. The van der Waals surface area contributed by atoms with Crippen molar-refractivity contribution in [2.45, 2.75) is 18.9 Å². The van der Waals surface area contributed by atoms with Gasteiger partial charge in [-0.15, -0.1) is 12.4 Å². The lowest BCUT2D eigenvalue weighted by Gasteiger charge is -2.28. The molecular weight excluding hydrogens is 340 g/mol. The predicted octanol–water partition coefficient (Wildman–Crippen LogP) is 0.734. The van der Waals surface area contributed by atoms with Crippen LogP contribution in [0.4, 0.5) is 0 Å². The van der Waals surface area contributed by atoms with Crippen molar-refractivity contribution in [1.82, 2.24) is 20.4 Å². The Morgan fingerprint density at radius 2 is 1.84 bits per heavy atom. The molecule has 2 fully saturated rings. The summed E-state index contributed by atoms with van der Waals surface area (Å²) in [6.45, 7) is 6.24. The molecule has 25 heavy (non-hydrogen) atoms. The summed E-state index contributed by atoms with van der Waals surface area (Å²) in [6.07, 6.45) is 1.63. The van der Waals surface area contributed by atoms with Crippen molar-refractivity contribution in [2.75, 3.05) is 45.8 Å². The lowest BCUT2D eigenvalue weighted by atomic mass is 10.1. The van der Waals surface area contributed by atoms with Gasteiger partial charge < -0.3 is 15.5 Å². The van der Waals surface area contributed by atoms with Gasteiger partial charge in [0.05, 0.1) is 0 Å². The molecule has 0 aliphatic carbocycles. The molecule has 1 aromatic rings. The minimum Gasteiger partial charge on any atom is -0.353 e. The molecule has 1 atom stereocenters. The average Bonchev–Trinajstić information content (AvgIpc) is 3.12. The van der Waals surface area contributed by atoms with Crippen LogP contribution in [0.5, 0.6) is 0 Å². The predicted molar refractivity (Wildman–Crippen MR) is 100 cm³/mol. The first-order chi connectivity index (χ1) is 11.8. The van der Waals surface area contributed by atoms with Crippen molar-refractivity contribution >= 4 is 24.2 Å². The molecule has 0 bridgehead atoms. The lowest BCUT2D eigenvalue weighted by molar-refractivity contribution is -0.124. The van der Waals surface area contributed by atoms with E-state index in [4.69, 9.17) is 0 Å². The van der Waals surface area contributed by atoms with Crippen molar-refractivity contribution < 1.29 is 9.59 Å². The van der Waals surface area contributed by atoms with E-state index in [1.165, 1.54) is 0 Å². The van der Waals surface area contributed by atoms with E-state index in [-0.39, 0.29) is 30.3 Å². The Hall–Kier alpha value is -1.63. The Bertz CT molecular complexity index is 563. The van der Waals surface area contributed by atoms with Crippen LogP contribution in [0, 0.1) is 0 Å². The number of rotatable bonds is 5. The number of amides is 2. The molecule has 1 unspecified atom stereocenters. The second-order valence-electron chi connectivity index (χ2n) is 6.41. The molecule has 138 valence electrons. The highest BCUT2D eigenvalue weighted by Crippen LogP contribution is 2.20. The highest BCUT2D eigenvalue weighted by molar-refractivity contribution is 5.97. The van der Waals surface area contributed by atoms with E-state index >= 15 is 0 Å². The number of piperazine rings is 1. The fourth-order valence-electron chi connectivity index (χ4n) is 3.42. The quantitative estimate of drug-likeness (QED) is 0.806. The van der Waals surface area contributed by atoms with Crippen molar-refractivity contribution in [3.8, 4) is 0 Å². The van der Waals surface area contributed by atoms with E-state index < -0.39 is 0 Å². The molecule has 3 rings (SSSR count). The number of likely N-dealkylation sites (tertiary alicyclic amines) is 1. The molecule has 6 nitrogen and oxygen atoms in total. The molecule has 2 N–H and O–H groups in total. The van der Waals surface area contributed by atoms with Crippen LogP contribution in [-0.2, 0) is 4.79 Å². The van der Waals surface area contributed by atoms with Crippen LogP contribution in [0.1, 0.15) is 23.2 Å². The van der Waals surface area contributed by atoms with Crippen LogP contribution in [0.15, 0.2) is 30.3 Å². The standard InChI is InChI=1S/C18H26N4O2.ClH/c23-17(20-10-14-21-12-8-19-9-13-21)16-7-4-11-22(16)18(24)15-5-2-1-3-6-15;/h1-3,5-6,16,19H,4,7-14H2,(H,20,23);1H. The SMILES string of the molecule is Cl.O=C(NCCN1CCNCC1)C1CCCN1C(=O)c1ccccc1. The Balaban J connectivity index is 0.00000225. The molecule has 2 saturated heterocycles. The monoisotopic (exact) mass is 366 g/mol. The lowest BCUT2D eigenvalue weighted by Crippen LogP contribution is -2.49. The highest BCUT2D eigenvalue weighted by atomic mass is 35.5. The first kappa shape index (κ1) is 19.7. The maximum absolute atomic E-state index is 12.6. The summed E-state index contributed by atoms with van der Waals surface area (Å²) in [5.74, 6) is -0.0673. The van der Waals surface area contributed by atoms with Crippen molar-refractivity contribution in [3.63, 3.8) is 0 Å². The van der Waals surface area contributed by atoms with Gasteiger partial charge in [-0.2, -0.15) is 0 Å². The van der Waals surface area contributed by atoms with E-state index in [0.29, 0.717) is 18.7 Å². The first-order valence-electron chi connectivity index (χ1n) is 8.82. The van der Waals surface area contributed by atoms with Gasteiger partial charge in [-0.1, -0.05) is 18.2 Å². The van der Waals surface area contributed by atoms with Crippen LogP contribution in [0.3, 0.4) is 0 Å². The minimum absolute atomic E-state index is 0. The van der Waals surface area contributed by atoms with Crippen LogP contribution >= 0.6 is 12.4 Å². The van der Waals surface area contributed by atoms with E-state index in [0.717, 1.165) is 45.6 Å². The molecule has 0 spiro atoms. The Morgan fingerprint density at radius 1 is 1.12 bits per heavy atom. The zero-order valence-electron chi connectivity index (χ0n) is 14.4. The maximum atomic E-state index is 12.6. The third-order valence-electron chi connectivity index (χ3n) is 4.77. The number of benzene rings is 1. The molecule has 2 aliphatic rings. The molecule has 2 amide bonds. The van der Waals surface area contributed by atoms with Gasteiger partial charge in [0, 0.05) is 51.4 Å². The van der Waals surface area contributed by atoms with Gasteiger partial charge in [0.15, 0.2) is 0 Å². The van der Waals surface area contributed by atoms with E-state index in [2.05, 4.69) is 15.5 Å². The van der Waals surface area contributed by atoms with Gasteiger partial charge in [-0.05, 0) is 25.0 Å². The second kappa shape index (κ2) is 9.75. The molecule has 2 heterocycles. The number of halogens is 1. The third-order valence-corrected chi connectivity index (χ3v) is 4.77. The number of carbonyl (C=O) groups excluding carboxylic acids is 2. The third kappa shape index (κ3) is 5.17. The van der Waals surface area contributed by atoms with Crippen molar-refractivity contribution in [1.29, 1.82) is 0 Å². The minimum atomic E-state index is -0.333. The number of nitrogens with zero attached hydrogens (tertiary/aromatic N) is 2. The molecule has 7 heteroatoms. The molecule has 0 aromatic heterocycles. The summed E-state index contributed by atoms with van der Waals surface area (Å²) in [7, 11) is 0. The number of hydrogen-bond acceptors (Lipinski definition) is 4. The van der Waals surface area contributed by atoms with Gasteiger partial charge in [0.2, 0.25) is 5.91 Å². The number of carbonyl (C=O) groups is 2. The van der Waals surface area contributed by atoms with Gasteiger partial charge in [-0.3, -0.25) is 14.5 Å². The van der Waals surface area contributed by atoms with Crippen molar-refractivity contribution in [2.24, 2.45) is 0 Å². The van der Waals surface area contributed by atoms with Gasteiger partial charge in [0.25, 0.3) is 5.91 Å². The van der Waals surface area contributed by atoms with Gasteiger partial charge >= 0.3 is 0 Å². The largest absolute Gasteiger partial charge is 0.353 e. The summed E-state index contributed by atoms with van der Waals surface area (Å²) >= 11 is 0. The molecular formula is C18H27ClN4O2. The Kier molecular flexibility index (Phi) is 7.68. The van der Waals surface area contributed by atoms with Crippen molar-refractivity contribution in [3.05, 3.63) is 35.9 Å². The molecule has 2 aliphatic heterocycles. The van der Waals surface area contributed by atoms with Crippen LogP contribution in [-0.4, -0.2) is 73.5 Å². The molecule has 0 radical (unpaired) electrons. The smallest absolute Gasteiger partial charge is 0.254 e. The van der Waals surface area contributed by atoms with Crippen LogP contribution in [0.25, 0.3) is 0 Å². The fraction of sp³-hybridized carbons (Fsp3) is 0.556. The first-order valence-corrected chi connectivity index (χ1v) is 8.82. The summed E-state index contributed by atoms with van der Waals surface area (Å²) in [5, 5.41) is 6.33. The van der Waals surface area contributed by atoms with Crippen LogP contribution < -0.4 is 10.6 Å². The fourth-order valence-corrected chi connectivity index (χ4v) is 3.42. The van der Waals surface area contributed by atoms with Gasteiger partial charge in [-0.25, -0.2) is 0 Å². The summed E-state index contributed by atoms with van der Waals surface area (Å²) in [5.41, 5.74) is 0.651.